The number of hydrogen-bond donors (Lipinski definition) is 1. The minimum Gasteiger partial charge on any atom is -0.341 e. The molecule has 0 aromatic heterocycles. The molecule has 0 bridgehead atoms. The van der Waals surface area contributed by atoms with E-state index >= 15 is 0 Å². The first-order chi connectivity index (χ1) is 11.5. The normalized spacial score (nSPS) is 29.5. The number of amides is 4. The van der Waals surface area contributed by atoms with Gasteiger partial charge in [0, 0.05) is 13.1 Å². The van der Waals surface area contributed by atoms with Crippen LogP contribution in [0, 0.1) is 5.92 Å². The van der Waals surface area contributed by atoms with Crippen LogP contribution in [-0.2, 0) is 9.59 Å². The summed E-state index contributed by atoms with van der Waals surface area (Å²) in [7, 11) is 0. The van der Waals surface area contributed by atoms with Gasteiger partial charge in [0.15, 0.2) is 0 Å². The Morgan fingerprint density at radius 2 is 1.62 bits per heavy atom. The average Bonchev–Trinajstić information content (AvgIpc) is 2.81. The first-order valence-electron chi connectivity index (χ1n) is 9.44. The maximum Gasteiger partial charge on any atom is 0.325 e. The van der Waals surface area contributed by atoms with Crippen molar-refractivity contribution in [3.63, 3.8) is 0 Å². The van der Waals surface area contributed by atoms with E-state index in [1.165, 1.54) is 6.42 Å². The first-order valence-corrected chi connectivity index (χ1v) is 9.44. The summed E-state index contributed by atoms with van der Waals surface area (Å²) in [5.74, 6) is -0.142. The van der Waals surface area contributed by atoms with E-state index in [0.717, 1.165) is 69.4 Å². The van der Waals surface area contributed by atoms with E-state index in [1.807, 2.05) is 11.8 Å². The second-order valence-electron chi connectivity index (χ2n) is 7.65. The van der Waals surface area contributed by atoms with Gasteiger partial charge in [0.1, 0.15) is 12.1 Å². The van der Waals surface area contributed by atoms with Crippen LogP contribution in [0.25, 0.3) is 0 Å². The molecule has 1 saturated carbocycles. The summed E-state index contributed by atoms with van der Waals surface area (Å²) < 4.78 is 0. The highest BCUT2D eigenvalue weighted by atomic mass is 16.2. The minimum absolute atomic E-state index is 0.103. The number of imide groups is 1. The Labute approximate surface area is 143 Å². The first kappa shape index (κ1) is 17.2. The molecule has 6 heteroatoms. The van der Waals surface area contributed by atoms with Gasteiger partial charge >= 0.3 is 6.03 Å². The zero-order valence-electron chi connectivity index (χ0n) is 14.7. The molecule has 4 amide bonds. The van der Waals surface area contributed by atoms with E-state index in [1.54, 1.807) is 0 Å². The maximum atomic E-state index is 12.9. The van der Waals surface area contributed by atoms with Crippen molar-refractivity contribution in [3.8, 4) is 0 Å². The smallest absolute Gasteiger partial charge is 0.325 e. The monoisotopic (exact) mass is 335 g/mol. The molecule has 134 valence electrons. The molecule has 3 fully saturated rings. The number of nitrogens with zero attached hydrogens (tertiary/aromatic N) is 2. The summed E-state index contributed by atoms with van der Waals surface area (Å²) in [6, 6.07) is -0.406. The van der Waals surface area contributed by atoms with Crippen LogP contribution in [-0.4, -0.2) is 52.8 Å². The third-order valence-electron chi connectivity index (χ3n) is 5.97. The third-order valence-corrected chi connectivity index (χ3v) is 5.97. The van der Waals surface area contributed by atoms with Crippen LogP contribution in [0.2, 0.25) is 0 Å². The molecule has 0 spiro atoms. The van der Waals surface area contributed by atoms with Crippen molar-refractivity contribution in [1.29, 1.82) is 0 Å². The Balaban J connectivity index is 1.66. The Morgan fingerprint density at radius 3 is 2.25 bits per heavy atom. The summed E-state index contributed by atoms with van der Waals surface area (Å²) in [5.41, 5.74) is -0.837. The van der Waals surface area contributed by atoms with Gasteiger partial charge in [-0.3, -0.25) is 14.5 Å². The number of urea groups is 1. The molecular formula is C18H29N3O3. The number of nitrogens with one attached hydrogen (secondary N) is 1. The van der Waals surface area contributed by atoms with Gasteiger partial charge in [-0.1, -0.05) is 32.1 Å². The van der Waals surface area contributed by atoms with Crippen LogP contribution in [0.15, 0.2) is 0 Å². The molecule has 3 rings (SSSR count). The van der Waals surface area contributed by atoms with Gasteiger partial charge in [-0.2, -0.15) is 0 Å². The van der Waals surface area contributed by atoms with Gasteiger partial charge in [-0.05, 0) is 38.5 Å². The number of carbonyl (C=O) groups excluding carboxylic acids is 3. The molecule has 3 aliphatic rings. The summed E-state index contributed by atoms with van der Waals surface area (Å²) in [4.78, 5) is 40.7. The van der Waals surface area contributed by atoms with Crippen LogP contribution < -0.4 is 5.32 Å². The van der Waals surface area contributed by atoms with E-state index in [0.29, 0.717) is 0 Å². The quantitative estimate of drug-likeness (QED) is 0.805. The van der Waals surface area contributed by atoms with Crippen LogP contribution in [0.3, 0.4) is 0 Å². The summed E-state index contributed by atoms with van der Waals surface area (Å²) in [5, 5.41) is 2.89. The predicted octanol–water partition coefficient (Wildman–Crippen LogP) is 2.28. The van der Waals surface area contributed by atoms with Gasteiger partial charge < -0.3 is 10.2 Å². The zero-order chi connectivity index (χ0) is 17.2. The van der Waals surface area contributed by atoms with Crippen LogP contribution in [0.1, 0.15) is 64.7 Å². The van der Waals surface area contributed by atoms with Gasteiger partial charge in [0.05, 0.1) is 0 Å². The van der Waals surface area contributed by atoms with Crippen molar-refractivity contribution in [2.75, 3.05) is 19.6 Å². The third kappa shape index (κ3) is 3.28. The minimum atomic E-state index is -0.837. The number of likely N-dealkylation sites (tertiary alicyclic amines) is 1. The second kappa shape index (κ2) is 7.11. The highest BCUT2D eigenvalue weighted by molar-refractivity contribution is 6.09. The molecule has 24 heavy (non-hydrogen) atoms. The SMILES string of the molecule is C[C@]1(C2CCCCC2)NC(=O)N(CC(=O)N2CCCCCC2)C1=O. The molecule has 2 saturated heterocycles. The lowest BCUT2D eigenvalue weighted by Gasteiger charge is -2.34. The average molecular weight is 335 g/mol. The molecule has 0 aromatic carbocycles. The number of hydrogen-bond acceptors (Lipinski definition) is 3. The Morgan fingerprint density at radius 1 is 1.04 bits per heavy atom. The van der Waals surface area contributed by atoms with Crippen molar-refractivity contribution in [3.05, 3.63) is 0 Å². The van der Waals surface area contributed by atoms with Crippen molar-refractivity contribution < 1.29 is 14.4 Å². The van der Waals surface area contributed by atoms with Gasteiger partial charge in [-0.25, -0.2) is 4.79 Å². The predicted molar refractivity (Wildman–Crippen MR) is 90.3 cm³/mol. The zero-order valence-corrected chi connectivity index (χ0v) is 14.7. The lowest BCUT2D eigenvalue weighted by molar-refractivity contribution is -0.139. The van der Waals surface area contributed by atoms with Crippen LogP contribution in [0.5, 0.6) is 0 Å². The van der Waals surface area contributed by atoms with Gasteiger partial charge in [0.25, 0.3) is 5.91 Å². The highest BCUT2D eigenvalue weighted by Gasteiger charge is 2.52. The molecule has 0 radical (unpaired) electrons. The molecule has 6 nitrogen and oxygen atoms in total. The lowest BCUT2D eigenvalue weighted by Crippen LogP contribution is -2.51. The van der Waals surface area contributed by atoms with Crippen molar-refractivity contribution in [2.24, 2.45) is 5.92 Å². The Bertz CT molecular complexity index is 508. The lowest BCUT2D eigenvalue weighted by atomic mass is 9.75. The molecular weight excluding hydrogens is 306 g/mol. The molecule has 1 atom stereocenters. The summed E-state index contributed by atoms with van der Waals surface area (Å²) in [6.07, 6.45) is 9.65. The standard InChI is InChI=1S/C18H29N3O3/c1-18(14-9-5-4-6-10-14)16(23)21(17(24)19-18)13-15(22)20-11-7-2-3-8-12-20/h14H,2-13H2,1H3,(H,19,24)/t18-/m1/s1. The fourth-order valence-corrected chi connectivity index (χ4v) is 4.37. The fraction of sp³-hybridized carbons (Fsp3) is 0.833. The molecule has 0 aromatic rings. The van der Waals surface area contributed by atoms with Gasteiger partial charge in [-0.15, -0.1) is 0 Å². The fourth-order valence-electron chi connectivity index (χ4n) is 4.37. The molecule has 1 aliphatic carbocycles. The Kier molecular flexibility index (Phi) is 5.11. The number of rotatable bonds is 3. The maximum absolute atomic E-state index is 12.9. The highest BCUT2D eigenvalue weighted by Crippen LogP contribution is 2.36. The van der Waals surface area contributed by atoms with Crippen LogP contribution in [0.4, 0.5) is 4.79 Å². The molecule has 1 N–H and O–H groups in total. The van der Waals surface area contributed by atoms with Gasteiger partial charge in [0.2, 0.25) is 5.91 Å². The molecule has 2 heterocycles. The largest absolute Gasteiger partial charge is 0.341 e. The van der Waals surface area contributed by atoms with Crippen molar-refractivity contribution >= 4 is 17.8 Å². The van der Waals surface area contributed by atoms with Crippen LogP contribution >= 0.6 is 0 Å². The van der Waals surface area contributed by atoms with E-state index in [4.69, 9.17) is 0 Å². The van der Waals surface area contributed by atoms with E-state index in [-0.39, 0.29) is 24.3 Å². The number of carbonyl (C=O) groups is 3. The molecule has 0 unspecified atom stereocenters. The second-order valence-corrected chi connectivity index (χ2v) is 7.65. The van der Waals surface area contributed by atoms with E-state index in [2.05, 4.69) is 5.32 Å². The van der Waals surface area contributed by atoms with Crippen molar-refractivity contribution in [2.45, 2.75) is 70.3 Å². The van der Waals surface area contributed by atoms with E-state index < -0.39 is 11.6 Å². The summed E-state index contributed by atoms with van der Waals surface area (Å²) in [6.45, 7) is 3.19. The van der Waals surface area contributed by atoms with E-state index in [9.17, 15) is 14.4 Å². The van der Waals surface area contributed by atoms with Crippen molar-refractivity contribution in [1.82, 2.24) is 15.1 Å². The Hall–Kier alpha value is -1.59. The topological polar surface area (TPSA) is 69.7 Å². The molecule has 2 aliphatic heterocycles. The summed E-state index contributed by atoms with van der Waals surface area (Å²) >= 11 is 0.